The van der Waals surface area contributed by atoms with Gasteiger partial charge in [-0.25, -0.2) is 9.69 Å². The van der Waals surface area contributed by atoms with Crippen LogP contribution in [0.1, 0.15) is 38.8 Å². The van der Waals surface area contributed by atoms with Crippen molar-refractivity contribution in [3.63, 3.8) is 0 Å². The molecule has 0 N–H and O–H groups in total. The van der Waals surface area contributed by atoms with E-state index in [-0.39, 0.29) is 12.7 Å². The lowest BCUT2D eigenvalue weighted by Gasteiger charge is -2.23. The zero-order valence-corrected chi connectivity index (χ0v) is 18.4. The number of aromatic nitrogens is 1. The molecule has 1 aromatic heterocycles. The fourth-order valence-electron chi connectivity index (χ4n) is 3.68. The normalized spacial score (nSPS) is 14.7. The van der Waals surface area contributed by atoms with Crippen LogP contribution < -0.4 is 4.90 Å². The number of fused-ring (bicyclic) bond motifs is 2. The van der Waals surface area contributed by atoms with Gasteiger partial charge < -0.3 is 14.0 Å². The van der Waals surface area contributed by atoms with Crippen LogP contribution in [0.5, 0.6) is 0 Å². The number of amides is 2. The Kier molecular flexibility index (Phi) is 5.34. The van der Waals surface area contributed by atoms with E-state index in [1.54, 1.807) is 43.5 Å². The van der Waals surface area contributed by atoms with Crippen LogP contribution in [-0.4, -0.2) is 28.1 Å². The van der Waals surface area contributed by atoms with Crippen molar-refractivity contribution >= 4 is 46.2 Å². The molecule has 2 aromatic carbocycles. The molecule has 164 valence electrons. The summed E-state index contributed by atoms with van der Waals surface area (Å²) in [6, 6.07) is 14.8. The lowest BCUT2D eigenvalue weighted by atomic mass is 10.0. The molecule has 0 radical (unpaired) electrons. The van der Waals surface area contributed by atoms with Gasteiger partial charge in [-0.2, -0.15) is 0 Å². The van der Waals surface area contributed by atoms with Gasteiger partial charge in [-0.3, -0.25) is 9.59 Å². The van der Waals surface area contributed by atoms with Crippen molar-refractivity contribution in [2.75, 3.05) is 4.90 Å². The van der Waals surface area contributed by atoms with Crippen LogP contribution in [0.3, 0.4) is 0 Å². The summed E-state index contributed by atoms with van der Waals surface area (Å²) in [5.41, 5.74) is 2.44. The number of anilines is 1. The fraction of sp³-hybridized carbons (Fsp3) is 0.240. The van der Waals surface area contributed by atoms with Crippen molar-refractivity contribution in [3.8, 4) is 0 Å². The summed E-state index contributed by atoms with van der Waals surface area (Å²) in [5.74, 6) is -0.826. The highest BCUT2D eigenvalue weighted by Gasteiger charge is 2.39. The van der Waals surface area contributed by atoms with Crippen molar-refractivity contribution in [1.29, 1.82) is 0 Å². The molecule has 0 spiro atoms. The Labute approximate surface area is 185 Å². The third kappa shape index (κ3) is 4.01. The van der Waals surface area contributed by atoms with Crippen LogP contribution in [-0.2, 0) is 25.8 Å². The summed E-state index contributed by atoms with van der Waals surface area (Å²) in [6.45, 7) is 6.69. The lowest BCUT2D eigenvalue weighted by molar-refractivity contribution is -0.144. The highest BCUT2D eigenvalue weighted by atomic mass is 16.6. The number of carbonyl (C=O) groups is 3. The largest absolute Gasteiger partial charge is 0.444 e. The molecule has 7 heteroatoms. The standard InChI is InChI=1S/C25H24N2O5/c1-16(28)31-15-26-14-17(18-9-5-7-11-21(18)26)13-20-19-10-6-8-12-22(19)27(23(20)29)24(30)32-25(2,3)4/h5-14H,15H2,1-4H3/b20-13-. The van der Waals surface area contributed by atoms with E-state index < -0.39 is 17.6 Å². The van der Waals surface area contributed by atoms with Crippen LogP contribution in [0, 0.1) is 0 Å². The summed E-state index contributed by atoms with van der Waals surface area (Å²) >= 11 is 0. The van der Waals surface area contributed by atoms with Gasteiger partial charge in [-0.15, -0.1) is 0 Å². The molecule has 2 heterocycles. The highest BCUT2D eigenvalue weighted by Crippen LogP contribution is 2.39. The zero-order chi connectivity index (χ0) is 23.0. The van der Waals surface area contributed by atoms with Crippen molar-refractivity contribution in [1.82, 2.24) is 4.57 Å². The molecule has 4 rings (SSSR count). The third-order valence-corrected chi connectivity index (χ3v) is 4.97. The number of esters is 1. The quantitative estimate of drug-likeness (QED) is 0.431. The predicted octanol–water partition coefficient (Wildman–Crippen LogP) is 4.98. The van der Waals surface area contributed by atoms with Crippen molar-refractivity contribution in [2.45, 2.75) is 40.0 Å². The number of para-hydroxylation sites is 2. The van der Waals surface area contributed by atoms with E-state index in [0.29, 0.717) is 16.8 Å². The van der Waals surface area contributed by atoms with Gasteiger partial charge in [0.1, 0.15) is 5.60 Å². The SMILES string of the molecule is CC(=O)OCn1cc(/C=C2\C(=O)N(C(=O)OC(C)(C)C)c3ccccc32)c2ccccc21. The minimum atomic E-state index is -0.733. The van der Waals surface area contributed by atoms with Gasteiger partial charge in [0.05, 0.1) is 16.8 Å². The van der Waals surface area contributed by atoms with Gasteiger partial charge in [0.2, 0.25) is 0 Å². The second-order valence-electron chi connectivity index (χ2n) is 8.53. The van der Waals surface area contributed by atoms with Gasteiger partial charge in [-0.05, 0) is 39.0 Å². The summed E-state index contributed by atoms with van der Waals surface area (Å²) in [4.78, 5) is 38.5. The Morgan fingerprint density at radius 1 is 1.03 bits per heavy atom. The Hall–Kier alpha value is -3.87. The van der Waals surface area contributed by atoms with Crippen LogP contribution in [0.2, 0.25) is 0 Å². The number of benzene rings is 2. The first kappa shape index (κ1) is 21.4. The molecule has 3 aromatic rings. The first-order chi connectivity index (χ1) is 15.2. The van der Waals surface area contributed by atoms with Crippen molar-refractivity contribution in [2.24, 2.45) is 0 Å². The first-order valence-electron chi connectivity index (χ1n) is 10.3. The Morgan fingerprint density at radius 3 is 2.44 bits per heavy atom. The maximum Gasteiger partial charge on any atom is 0.422 e. The molecule has 0 saturated carbocycles. The van der Waals surface area contributed by atoms with E-state index in [2.05, 4.69) is 0 Å². The number of carbonyl (C=O) groups excluding carboxylic acids is 3. The molecule has 0 aliphatic carbocycles. The van der Waals surface area contributed by atoms with E-state index in [1.165, 1.54) is 6.92 Å². The van der Waals surface area contributed by atoms with Gasteiger partial charge in [0, 0.05) is 29.6 Å². The van der Waals surface area contributed by atoms with Crippen LogP contribution in [0.4, 0.5) is 10.5 Å². The molecule has 1 aliphatic rings. The molecular formula is C25H24N2O5. The number of rotatable bonds is 3. The Balaban J connectivity index is 1.79. The topological polar surface area (TPSA) is 77.8 Å². The van der Waals surface area contributed by atoms with Crippen molar-refractivity contribution in [3.05, 3.63) is 65.9 Å². The monoisotopic (exact) mass is 432 g/mol. The fourth-order valence-corrected chi connectivity index (χ4v) is 3.68. The molecular weight excluding hydrogens is 408 g/mol. The average molecular weight is 432 g/mol. The second-order valence-corrected chi connectivity index (χ2v) is 8.53. The smallest absolute Gasteiger partial charge is 0.422 e. The molecule has 32 heavy (non-hydrogen) atoms. The number of hydrogen-bond donors (Lipinski definition) is 0. The minimum Gasteiger partial charge on any atom is -0.444 e. The molecule has 0 atom stereocenters. The summed E-state index contributed by atoms with van der Waals surface area (Å²) < 4.78 is 12.4. The predicted molar refractivity (Wildman–Crippen MR) is 122 cm³/mol. The second kappa shape index (κ2) is 8.00. The summed E-state index contributed by atoms with van der Waals surface area (Å²) in [6.07, 6.45) is 2.88. The van der Waals surface area contributed by atoms with Crippen LogP contribution in [0.25, 0.3) is 22.6 Å². The molecule has 0 fully saturated rings. The molecule has 7 nitrogen and oxygen atoms in total. The van der Waals surface area contributed by atoms with Gasteiger partial charge in [0.15, 0.2) is 6.73 Å². The summed E-state index contributed by atoms with van der Waals surface area (Å²) in [7, 11) is 0. The molecule has 1 aliphatic heterocycles. The highest BCUT2D eigenvalue weighted by molar-refractivity contribution is 6.41. The molecule has 0 unspecified atom stereocenters. The van der Waals surface area contributed by atoms with E-state index in [1.807, 2.05) is 42.6 Å². The average Bonchev–Trinajstić information content (AvgIpc) is 3.21. The third-order valence-electron chi connectivity index (χ3n) is 4.97. The maximum atomic E-state index is 13.3. The summed E-state index contributed by atoms with van der Waals surface area (Å²) in [5, 5.41) is 0.896. The van der Waals surface area contributed by atoms with Gasteiger partial charge >= 0.3 is 12.1 Å². The van der Waals surface area contributed by atoms with Crippen LogP contribution >= 0.6 is 0 Å². The minimum absolute atomic E-state index is 0.0631. The molecule has 0 bridgehead atoms. The Morgan fingerprint density at radius 2 is 1.72 bits per heavy atom. The molecule has 0 saturated heterocycles. The van der Waals surface area contributed by atoms with Crippen molar-refractivity contribution < 1.29 is 23.9 Å². The van der Waals surface area contributed by atoms with E-state index in [4.69, 9.17) is 9.47 Å². The van der Waals surface area contributed by atoms with Gasteiger partial charge in [0.25, 0.3) is 5.91 Å². The number of imide groups is 1. The number of ether oxygens (including phenoxy) is 2. The van der Waals surface area contributed by atoms with Crippen LogP contribution in [0.15, 0.2) is 54.7 Å². The van der Waals surface area contributed by atoms with Gasteiger partial charge in [-0.1, -0.05) is 36.4 Å². The number of hydrogen-bond acceptors (Lipinski definition) is 5. The van der Waals surface area contributed by atoms with E-state index in [0.717, 1.165) is 21.4 Å². The Bertz CT molecular complexity index is 1260. The lowest BCUT2D eigenvalue weighted by Crippen LogP contribution is -2.38. The van der Waals surface area contributed by atoms with E-state index in [9.17, 15) is 14.4 Å². The molecule has 2 amide bonds. The zero-order valence-electron chi connectivity index (χ0n) is 18.4. The first-order valence-corrected chi connectivity index (χ1v) is 10.3. The number of nitrogens with zero attached hydrogens (tertiary/aromatic N) is 2. The maximum absolute atomic E-state index is 13.3. The van der Waals surface area contributed by atoms with E-state index >= 15 is 0 Å².